The number of aromatic amines is 1. The van der Waals surface area contributed by atoms with Crippen LogP contribution in [0.15, 0.2) is 18.2 Å². The number of hydrogen-bond donors (Lipinski definition) is 2. The number of nitrogen functional groups attached to an aromatic ring is 1. The van der Waals surface area contributed by atoms with Crippen molar-refractivity contribution in [2.75, 3.05) is 20.0 Å². The van der Waals surface area contributed by atoms with Gasteiger partial charge in [-0.1, -0.05) is 11.6 Å². The van der Waals surface area contributed by atoms with Crippen LogP contribution in [0.1, 0.15) is 0 Å². The van der Waals surface area contributed by atoms with Crippen molar-refractivity contribution >= 4 is 17.4 Å². The number of benzene rings is 1. The van der Waals surface area contributed by atoms with Gasteiger partial charge in [-0.3, -0.25) is 5.10 Å². The summed E-state index contributed by atoms with van der Waals surface area (Å²) in [5.74, 6) is 1.60. The minimum atomic E-state index is 0.411. The first-order valence-electron chi connectivity index (χ1n) is 4.88. The molecule has 17 heavy (non-hydrogen) atoms. The summed E-state index contributed by atoms with van der Waals surface area (Å²) in [7, 11) is 3.13. The van der Waals surface area contributed by atoms with Crippen LogP contribution >= 0.6 is 11.6 Å². The first-order valence-corrected chi connectivity index (χ1v) is 5.26. The second-order valence-electron chi connectivity index (χ2n) is 3.39. The van der Waals surface area contributed by atoms with Gasteiger partial charge in [-0.15, -0.1) is 0 Å². The van der Waals surface area contributed by atoms with Gasteiger partial charge >= 0.3 is 0 Å². The summed E-state index contributed by atoms with van der Waals surface area (Å²) in [6, 6.07) is 5.17. The van der Waals surface area contributed by atoms with Gasteiger partial charge in [-0.25, -0.2) is 0 Å². The molecule has 0 atom stereocenters. The van der Waals surface area contributed by atoms with Crippen LogP contribution in [0, 0.1) is 0 Å². The van der Waals surface area contributed by atoms with Crippen molar-refractivity contribution < 1.29 is 9.47 Å². The fourth-order valence-electron chi connectivity index (χ4n) is 1.55. The van der Waals surface area contributed by atoms with E-state index in [1.807, 2.05) is 0 Å². The Morgan fingerprint density at radius 3 is 2.41 bits per heavy atom. The first kappa shape index (κ1) is 11.6. The van der Waals surface area contributed by atoms with Gasteiger partial charge in [0.2, 0.25) is 0 Å². The number of rotatable bonds is 3. The highest BCUT2D eigenvalue weighted by molar-refractivity contribution is 6.32. The van der Waals surface area contributed by atoms with E-state index in [0.29, 0.717) is 22.3 Å². The van der Waals surface area contributed by atoms with Crippen LogP contribution in [0.25, 0.3) is 11.3 Å². The third kappa shape index (κ3) is 2.14. The molecule has 6 heteroatoms. The molecule has 3 N–H and O–H groups in total. The van der Waals surface area contributed by atoms with Gasteiger partial charge in [-0.2, -0.15) is 5.10 Å². The molecule has 0 spiro atoms. The summed E-state index contributed by atoms with van der Waals surface area (Å²) in [6.07, 6.45) is 0. The lowest BCUT2D eigenvalue weighted by Gasteiger charge is -2.10. The van der Waals surface area contributed by atoms with Crippen LogP contribution in [0.3, 0.4) is 0 Å². The highest BCUT2D eigenvalue weighted by Gasteiger charge is 2.13. The van der Waals surface area contributed by atoms with Crippen LogP contribution in [-0.2, 0) is 0 Å². The quantitative estimate of drug-likeness (QED) is 0.881. The summed E-state index contributed by atoms with van der Waals surface area (Å²) in [6.45, 7) is 0. The molecule has 5 nitrogen and oxygen atoms in total. The molecule has 0 radical (unpaired) electrons. The minimum Gasteiger partial charge on any atom is -0.496 e. The molecule has 0 saturated heterocycles. The Morgan fingerprint density at radius 1 is 1.18 bits per heavy atom. The number of nitrogens with one attached hydrogen (secondary N) is 1. The van der Waals surface area contributed by atoms with E-state index in [1.165, 1.54) is 0 Å². The summed E-state index contributed by atoms with van der Waals surface area (Å²) in [5, 5.41) is 7.17. The third-order valence-electron chi connectivity index (χ3n) is 2.36. The second kappa shape index (κ2) is 4.55. The summed E-state index contributed by atoms with van der Waals surface area (Å²) in [4.78, 5) is 0. The molecule has 1 aromatic carbocycles. The highest BCUT2D eigenvalue weighted by Crippen LogP contribution is 2.37. The van der Waals surface area contributed by atoms with Gasteiger partial charge in [0, 0.05) is 17.7 Å². The lowest BCUT2D eigenvalue weighted by molar-refractivity contribution is 0.395. The Labute approximate surface area is 103 Å². The van der Waals surface area contributed by atoms with Crippen molar-refractivity contribution in [3.8, 4) is 22.8 Å². The van der Waals surface area contributed by atoms with E-state index in [2.05, 4.69) is 10.2 Å². The lowest BCUT2D eigenvalue weighted by atomic mass is 10.1. The second-order valence-corrected chi connectivity index (χ2v) is 3.80. The third-order valence-corrected chi connectivity index (χ3v) is 2.66. The average Bonchev–Trinajstić information content (AvgIpc) is 2.75. The predicted octanol–water partition coefficient (Wildman–Crippen LogP) is 2.33. The number of aromatic nitrogens is 2. The van der Waals surface area contributed by atoms with Crippen LogP contribution in [0.2, 0.25) is 5.02 Å². The number of H-pyrrole nitrogens is 1. The number of hydrogen-bond acceptors (Lipinski definition) is 4. The maximum absolute atomic E-state index is 6.07. The standard InChI is InChI=1S/C11H12ClN3O2/c1-16-9-5-10(17-2)7(12)3-6(9)8-4-11(13)15-14-8/h3-5H,1-2H3,(H3,13,14,15). The molecule has 0 fully saturated rings. The number of nitrogens with two attached hydrogens (primary N) is 1. The number of ether oxygens (including phenoxy) is 2. The molecule has 0 amide bonds. The van der Waals surface area contributed by atoms with Gasteiger partial charge in [-0.05, 0) is 6.07 Å². The van der Waals surface area contributed by atoms with E-state index in [0.717, 1.165) is 11.3 Å². The van der Waals surface area contributed by atoms with Crippen molar-refractivity contribution in [1.82, 2.24) is 10.2 Å². The highest BCUT2D eigenvalue weighted by atomic mass is 35.5. The molecule has 0 aliphatic heterocycles. The van der Waals surface area contributed by atoms with Crippen LogP contribution in [0.4, 0.5) is 5.82 Å². The SMILES string of the molecule is COc1cc(OC)c(-c2cc(N)n[nH]2)cc1Cl. The van der Waals surface area contributed by atoms with Crippen molar-refractivity contribution in [2.45, 2.75) is 0 Å². The zero-order valence-electron chi connectivity index (χ0n) is 9.45. The minimum absolute atomic E-state index is 0.411. The Morgan fingerprint density at radius 2 is 1.88 bits per heavy atom. The molecule has 0 unspecified atom stereocenters. The predicted molar refractivity (Wildman–Crippen MR) is 66.6 cm³/mol. The van der Waals surface area contributed by atoms with Gasteiger partial charge in [0.15, 0.2) is 0 Å². The Kier molecular flexibility index (Phi) is 3.10. The van der Waals surface area contributed by atoms with Gasteiger partial charge in [0.25, 0.3) is 0 Å². The van der Waals surface area contributed by atoms with Crippen LogP contribution in [0.5, 0.6) is 11.5 Å². The zero-order chi connectivity index (χ0) is 12.4. The zero-order valence-corrected chi connectivity index (χ0v) is 10.2. The maximum atomic E-state index is 6.07. The largest absolute Gasteiger partial charge is 0.496 e. The summed E-state index contributed by atoms with van der Waals surface area (Å²) < 4.78 is 10.4. The fraction of sp³-hybridized carbons (Fsp3) is 0.182. The molecule has 1 heterocycles. The van der Waals surface area contributed by atoms with Gasteiger partial charge in [0.05, 0.1) is 24.9 Å². The van der Waals surface area contributed by atoms with E-state index >= 15 is 0 Å². The Bertz CT molecular complexity index is 540. The molecule has 1 aromatic heterocycles. The molecular weight excluding hydrogens is 242 g/mol. The molecule has 0 aliphatic carbocycles. The lowest BCUT2D eigenvalue weighted by Crippen LogP contribution is -1.91. The molecule has 0 aliphatic rings. The molecule has 2 rings (SSSR count). The number of halogens is 1. The summed E-state index contributed by atoms with van der Waals surface area (Å²) >= 11 is 6.07. The van der Waals surface area contributed by atoms with E-state index < -0.39 is 0 Å². The van der Waals surface area contributed by atoms with E-state index in [-0.39, 0.29) is 0 Å². The molecular formula is C11H12ClN3O2. The molecule has 0 saturated carbocycles. The fourth-order valence-corrected chi connectivity index (χ4v) is 1.79. The first-order chi connectivity index (χ1) is 8.15. The Balaban J connectivity index is 2.57. The van der Waals surface area contributed by atoms with Gasteiger partial charge < -0.3 is 15.2 Å². The van der Waals surface area contributed by atoms with Gasteiger partial charge in [0.1, 0.15) is 17.3 Å². The number of methoxy groups -OCH3 is 2. The topological polar surface area (TPSA) is 73.2 Å². The molecule has 0 bridgehead atoms. The smallest absolute Gasteiger partial charge is 0.145 e. The van der Waals surface area contributed by atoms with Crippen molar-refractivity contribution in [1.29, 1.82) is 0 Å². The van der Waals surface area contributed by atoms with Crippen molar-refractivity contribution in [3.05, 3.63) is 23.2 Å². The number of nitrogens with zero attached hydrogens (tertiary/aromatic N) is 1. The monoisotopic (exact) mass is 253 g/mol. The normalized spacial score (nSPS) is 10.3. The summed E-state index contributed by atoms with van der Waals surface area (Å²) in [5.41, 5.74) is 7.08. The van der Waals surface area contributed by atoms with E-state index in [9.17, 15) is 0 Å². The van der Waals surface area contributed by atoms with E-state index in [4.69, 9.17) is 26.8 Å². The molecule has 2 aromatic rings. The van der Waals surface area contributed by atoms with Crippen molar-refractivity contribution in [3.63, 3.8) is 0 Å². The van der Waals surface area contributed by atoms with Crippen LogP contribution < -0.4 is 15.2 Å². The molecule has 90 valence electrons. The number of anilines is 1. The van der Waals surface area contributed by atoms with Crippen LogP contribution in [-0.4, -0.2) is 24.4 Å². The Hall–Kier alpha value is -1.88. The van der Waals surface area contributed by atoms with E-state index in [1.54, 1.807) is 32.4 Å². The average molecular weight is 254 g/mol. The maximum Gasteiger partial charge on any atom is 0.145 e. The van der Waals surface area contributed by atoms with Crippen molar-refractivity contribution in [2.24, 2.45) is 0 Å².